The first kappa shape index (κ1) is 22.6. The van der Waals surface area contributed by atoms with Gasteiger partial charge in [0.1, 0.15) is 0 Å². The van der Waals surface area contributed by atoms with Gasteiger partial charge in [-0.05, 0) is 0 Å². The molecule has 0 aromatic rings. The SMILES string of the molecule is CC1=CC(C)=[C]([Hf+2]([C]2=C(C)C=C(C)C2C)=[Si](C)C)C1C.[Cl-].[Cl-]. The van der Waals surface area contributed by atoms with E-state index < -0.39 is 20.1 Å². The van der Waals surface area contributed by atoms with Crippen LogP contribution in [0, 0.1) is 11.8 Å². The van der Waals surface area contributed by atoms with Crippen LogP contribution in [0.3, 0.4) is 0 Å². The summed E-state index contributed by atoms with van der Waals surface area (Å²) in [6, 6.07) is 0. The number of halogens is 2. The third-order valence-electron chi connectivity index (χ3n) is 5.01. The predicted octanol–water partition coefficient (Wildman–Crippen LogP) is -0.396. The fraction of sp³-hybridized carbons (Fsp3) is 0.556. The fourth-order valence-electron chi connectivity index (χ4n) is 3.74. The van der Waals surface area contributed by atoms with Crippen molar-refractivity contribution in [2.75, 3.05) is 0 Å². The van der Waals surface area contributed by atoms with Crippen molar-refractivity contribution in [1.29, 1.82) is 0 Å². The summed E-state index contributed by atoms with van der Waals surface area (Å²) < 4.78 is 3.85. The molecule has 0 aliphatic heterocycles. The molecule has 0 spiro atoms. The molecule has 0 amide bonds. The van der Waals surface area contributed by atoms with Crippen molar-refractivity contribution in [3.8, 4) is 0 Å². The molecular weight excluding hydrogens is 494 g/mol. The molecule has 0 saturated heterocycles. The van der Waals surface area contributed by atoms with Crippen molar-refractivity contribution in [1.82, 2.24) is 0 Å². The minimum Gasteiger partial charge on any atom is -1.00 e. The second kappa shape index (κ2) is 8.64. The monoisotopic (exact) mass is 522 g/mol. The van der Waals surface area contributed by atoms with Gasteiger partial charge in [-0.2, -0.15) is 0 Å². The molecule has 4 heteroatoms. The van der Waals surface area contributed by atoms with Gasteiger partial charge in [-0.15, -0.1) is 0 Å². The van der Waals surface area contributed by atoms with E-state index in [9.17, 15) is 0 Å². The summed E-state index contributed by atoms with van der Waals surface area (Å²) in [5.41, 5.74) is 6.25. The van der Waals surface area contributed by atoms with E-state index in [1.54, 1.807) is 22.3 Å². The number of rotatable bonds is 2. The van der Waals surface area contributed by atoms with Crippen LogP contribution in [-0.2, 0) is 20.1 Å². The minimum absolute atomic E-state index is 0. The van der Waals surface area contributed by atoms with Crippen molar-refractivity contribution in [2.24, 2.45) is 11.8 Å². The Morgan fingerprint density at radius 3 is 1.27 bits per heavy atom. The molecule has 0 aromatic carbocycles. The van der Waals surface area contributed by atoms with Gasteiger partial charge in [-0.3, -0.25) is 0 Å². The molecule has 22 heavy (non-hydrogen) atoms. The summed E-state index contributed by atoms with van der Waals surface area (Å²) in [5.74, 6) is 1.45. The van der Waals surface area contributed by atoms with E-state index in [2.05, 4.69) is 66.8 Å². The second-order valence-electron chi connectivity index (χ2n) is 6.79. The van der Waals surface area contributed by atoms with Gasteiger partial charge in [0.05, 0.1) is 0 Å². The molecule has 2 aliphatic rings. The van der Waals surface area contributed by atoms with Gasteiger partial charge in [-0.1, -0.05) is 0 Å². The summed E-state index contributed by atoms with van der Waals surface area (Å²) >= 11 is -1.85. The molecule has 0 saturated carbocycles. The standard InChI is InChI=1S/2C8H11.C2H6Si.2ClH.Hf/c2*1-6-4-7(2)8(3)5-6;1-3-2;;;/h2*4,8H,1-3H3;1-2H3;2*1H;/q;;;;;+2/p-2. The van der Waals surface area contributed by atoms with Crippen molar-refractivity contribution in [3.05, 3.63) is 41.1 Å². The third-order valence-corrected chi connectivity index (χ3v) is 31.0. The van der Waals surface area contributed by atoms with E-state index in [-0.39, 0.29) is 30.3 Å². The van der Waals surface area contributed by atoms with Gasteiger partial charge in [0.25, 0.3) is 0 Å². The summed E-state index contributed by atoms with van der Waals surface area (Å²) in [6.45, 7) is 19.4. The van der Waals surface area contributed by atoms with E-state index in [1.807, 2.05) is 6.66 Å². The first-order valence-electron chi connectivity index (χ1n) is 7.71. The van der Waals surface area contributed by atoms with Crippen LogP contribution in [-0.4, -0.2) is 5.49 Å². The number of hydrogen-bond acceptors (Lipinski definition) is 0. The Morgan fingerprint density at radius 1 is 0.773 bits per heavy atom. The first-order valence-corrected chi connectivity index (χ1v) is 19.2. The maximum atomic E-state index is 2.58. The van der Waals surface area contributed by atoms with Crippen LogP contribution in [0.2, 0.25) is 13.1 Å². The molecule has 0 heterocycles. The summed E-state index contributed by atoms with van der Waals surface area (Å²) in [6.07, 6.45) is 4.93. The molecule has 0 radical (unpaired) electrons. The van der Waals surface area contributed by atoms with Crippen LogP contribution in [0.5, 0.6) is 0 Å². The predicted molar refractivity (Wildman–Crippen MR) is 88.7 cm³/mol. The Bertz CT molecular complexity index is 569. The quantitative estimate of drug-likeness (QED) is 0.434. The Morgan fingerprint density at radius 2 is 1.09 bits per heavy atom. The Kier molecular flexibility index (Phi) is 8.89. The van der Waals surface area contributed by atoms with Crippen LogP contribution < -0.4 is 24.8 Å². The Labute approximate surface area is 157 Å². The van der Waals surface area contributed by atoms with Gasteiger partial charge in [0.2, 0.25) is 0 Å². The molecule has 0 fully saturated rings. The van der Waals surface area contributed by atoms with Gasteiger partial charge in [0.15, 0.2) is 0 Å². The van der Waals surface area contributed by atoms with Crippen molar-refractivity contribution < 1.29 is 44.9 Å². The average Bonchev–Trinajstić information content (AvgIpc) is 2.72. The number of allylic oxidation sites excluding steroid dienone is 8. The van der Waals surface area contributed by atoms with Crippen molar-refractivity contribution in [3.63, 3.8) is 0 Å². The van der Waals surface area contributed by atoms with Gasteiger partial charge < -0.3 is 24.8 Å². The Balaban J connectivity index is 0.00000220. The minimum atomic E-state index is -1.85. The molecule has 0 nitrogen and oxygen atoms in total. The van der Waals surface area contributed by atoms with E-state index in [0.717, 1.165) is 11.8 Å². The molecule has 122 valence electrons. The summed E-state index contributed by atoms with van der Waals surface area (Å²) in [7, 11) is 0. The van der Waals surface area contributed by atoms with Crippen LogP contribution in [0.4, 0.5) is 0 Å². The topological polar surface area (TPSA) is 0 Å². The molecule has 0 aromatic heterocycles. The molecule has 2 unspecified atom stereocenters. The maximum Gasteiger partial charge on any atom is -1.00 e. The fourth-order valence-corrected chi connectivity index (χ4v) is 32.3. The molecule has 2 aliphatic carbocycles. The van der Waals surface area contributed by atoms with Crippen molar-refractivity contribution >= 4 is 5.49 Å². The zero-order valence-electron chi connectivity index (χ0n) is 15.1. The summed E-state index contributed by atoms with van der Waals surface area (Å²) in [4.78, 5) is 0. The van der Waals surface area contributed by atoms with Crippen LogP contribution in [0.25, 0.3) is 0 Å². The van der Waals surface area contributed by atoms with E-state index in [1.165, 1.54) is 0 Å². The molecular formula is C18H28Cl2HfSi. The van der Waals surface area contributed by atoms with Gasteiger partial charge in [-0.25, -0.2) is 0 Å². The van der Waals surface area contributed by atoms with E-state index >= 15 is 0 Å². The normalized spacial score (nSPS) is 23.4. The zero-order chi connectivity index (χ0) is 15.2. The smallest absolute Gasteiger partial charge is 1.00 e. The van der Waals surface area contributed by atoms with Gasteiger partial charge in [0, 0.05) is 0 Å². The van der Waals surface area contributed by atoms with Crippen LogP contribution in [0.15, 0.2) is 41.1 Å². The second-order valence-corrected chi connectivity index (χ2v) is 30.2. The third kappa shape index (κ3) is 3.99. The molecule has 2 atom stereocenters. The largest absolute Gasteiger partial charge is 1.00 e. The first-order chi connectivity index (χ1) is 9.25. The molecule has 0 bridgehead atoms. The molecule has 2 rings (SSSR count). The van der Waals surface area contributed by atoms with Gasteiger partial charge >= 0.3 is 133 Å². The zero-order valence-corrected chi connectivity index (χ0v) is 21.2. The molecule has 0 N–H and O–H groups in total. The van der Waals surface area contributed by atoms with E-state index in [4.69, 9.17) is 0 Å². The number of hydrogen-bond donors (Lipinski definition) is 0. The van der Waals surface area contributed by atoms with E-state index in [0.29, 0.717) is 0 Å². The van der Waals surface area contributed by atoms with Crippen LogP contribution in [0.1, 0.15) is 41.5 Å². The maximum absolute atomic E-state index is 2.58. The van der Waals surface area contributed by atoms with Crippen LogP contribution >= 0.6 is 0 Å². The summed E-state index contributed by atoms with van der Waals surface area (Å²) in [5, 5.41) is 0. The average molecular weight is 522 g/mol. The Hall–Kier alpha value is 0.627. The van der Waals surface area contributed by atoms with Crippen molar-refractivity contribution in [2.45, 2.75) is 54.6 Å².